The maximum Gasteiger partial charge on any atom is 0.243 e. The molecule has 0 heterocycles. The minimum Gasteiger partial charge on any atom is -0.347 e. The van der Waals surface area contributed by atoms with Crippen LogP contribution in [0.25, 0.3) is 0 Å². The Bertz CT molecular complexity index is 423. The van der Waals surface area contributed by atoms with Gasteiger partial charge in [-0.25, -0.2) is 0 Å². The topological polar surface area (TPSA) is 58.2 Å². The van der Waals surface area contributed by atoms with Crippen LogP contribution in [-0.4, -0.2) is 18.4 Å². The summed E-state index contributed by atoms with van der Waals surface area (Å²) >= 11 is 9.03. The first-order valence-corrected chi connectivity index (χ1v) is 5.65. The third kappa shape index (κ3) is 4.20. The number of hydrogen-bond donors (Lipinski definition) is 2. The van der Waals surface area contributed by atoms with E-state index in [1.54, 1.807) is 18.2 Å². The molecule has 0 fully saturated rings. The molecule has 6 heteroatoms. The normalized spacial score (nSPS) is 9.69. The van der Waals surface area contributed by atoms with E-state index in [2.05, 4.69) is 26.6 Å². The number of carbonyl (C=O) groups is 2. The number of nitrogens with one attached hydrogen (secondary N) is 2. The van der Waals surface area contributed by atoms with E-state index in [0.29, 0.717) is 15.2 Å². The van der Waals surface area contributed by atoms with E-state index in [9.17, 15) is 9.59 Å². The van der Waals surface area contributed by atoms with Crippen LogP contribution in [0.2, 0.25) is 5.02 Å². The van der Waals surface area contributed by atoms with E-state index in [4.69, 9.17) is 11.6 Å². The molecule has 0 saturated carbocycles. The lowest BCUT2D eigenvalue weighted by atomic mass is 10.3. The summed E-state index contributed by atoms with van der Waals surface area (Å²) in [6.45, 7) is 1.30. The average Bonchev–Trinajstić information content (AvgIpc) is 2.19. The molecule has 0 aliphatic rings. The van der Waals surface area contributed by atoms with Crippen molar-refractivity contribution in [2.45, 2.75) is 6.92 Å². The first kappa shape index (κ1) is 13.0. The molecule has 0 saturated heterocycles. The Hall–Kier alpha value is -1.07. The van der Waals surface area contributed by atoms with Gasteiger partial charge in [-0.2, -0.15) is 0 Å². The average molecular weight is 306 g/mol. The molecule has 0 atom stereocenters. The molecule has 86 valence electrons. The number of carbonyl (C=O) groups excluding carboxylic acids is 2. The van der Waals surface area contributed by atoms with E-state index >= 15 is 0 Å². The molecule has 0 aromatic heterocycles. The Kier molecular flexibility index (Phi) is 4.76. The monoisotopic (exact) mass is 304 g/mol. The fourth-order valence-electron chi connectivity index (χ4n) is 0.990. The molecule has 0 radical (unpaired) electrons. The predicted octanol–water partition coefficient (Wildman–Crippen LogP) is 2.18. The summed E-state index contributed by atoms with van der Waals surface area (Å²) in [5.74, 6) is -0.538. The first-order chi connectivity index (χ1) is 7.49. The zero-order chi connectivity index (χ0) is 12.1. The number of benzene rings is 1. The fraction of sp³-hybridized carbons (Fsp3) is 0.200. The maximum atomic E-state index is 11.4. The third-order valence-electron chi connectivity index (χ3n) is 1.70. The van der Waals surface area contributed by atoms with Crippen LogP contribution in [0.1, 0.15) is 6.92 Å². The highest BCUT2D eigenvalue weighted by atomic mass is 79.9. The second kappa shape index (κ2) is 5.86. The van der Waals surface area contributed by atoms with Crippen molar-refractivity contribution in [3.63, 3.8) is 0 Å². The van der Waals surface area contributed by atoms with Crippen molar-refractivity contribution in [1.29, 1.82) is 0 Å². The first-order valence-electron chi connectivity index (χ1n) is 4.48. The Balaban J connectivity index is 2.59. The molecule has 1 aromatic carbocycles. The SMILES string of the molecule is CC(=O)NCC(=O)Nc1ccc(Cl)cc1Br. The van der Waals surface area contributed by atoms with Crippen LogP contribution in [0.3, 0.4) is 0 Å². The van der Waals surface area contributed by atoms with Crippen molar-refractivity contribution in [2.75, 3.05) is 11.9 Å². The number of anilines is 1. The summed E-state index contributed by atoms with van der Waals surface area (Å²) in [5.41, 5.74) is 0.611. The molecule has 1 rings (SSSR count). The van der Waals surface area contributed by atoms with Crippen molar-refractivity contribution >= 4 is 45.0 Å². The van der Waals surface area contributed by atoms with Crippen molar-refractivity contribution < 1.29 is 9.59 Å². The van der Waals surface area contributed by atoms with Crippen LogP contribution in [0, 0.1) is 0 Å². The van der Waals surface area contributed by atoms with Crippen LogP contribution in [0.15, 0.2) is 22.7 Å². The van der Waals surface area contributed by atoms with Crippen LogP contribution >= 0.6 is 27.5 Å². The van der Waals surface area contributed by atoms with Gasteiger partial charge in [0.15, 0.2) is 0 Å². The van der Waals surface area contributed by atoms with Gasteiger partial charge in [-0.15, -0.1) is 0 Å². The quantitative estimate of drug-likeness (QED) is 0.899. The Morgan fingerprint density at radius 3 is 2.69 bits per heavy atom. The van der Waals surface area contributed by atoms with Gasteiger partial charge in [0, 0.05) is 16.4 Å². The number of rotatable bonds is 3. The summed E-state index contributed by atoms with van der Waals surface area (Å²) in [4.78, 5) is 22.0. The van der Waals surface area contributed by atoms with Gasteiger partial charge in [-0.3, -0.25) is 9.59 Å². The second-order valence-electron chi connectivity index (χ2n) is 3.08. The molecular formula is C10H10BrClN2O2. The van der Waals surface area contributed by atoms with Crippen molar-refractivity contribution in [1.82, 2.24) is 5.32 Å². The van der Waals surface area contributed by atoms with Gasteiger partial charge in [0.05, 0.1) is 12.2 Å². The second-order valence-corrected chi connectivity index (χ2v) is 4.37. The van der Waals surface area contributed by atoms with E-state index in [1.165, 1.54) is 6.92 Å². The van der Waals surface area contributed by atoms with E-state index in [1.807, 2.05) is 0 Å². The number of halogens is 2. The van der Waals surface area contributed by atoms with E-state index in [-0.39, 0.29) is 18.4 Å². The van der Waals surface area contributed by atoms with Crippen LogP contribution in [0.4, 0.5) is 5.69 Å². The van der Waals surface area contributed by atoms with Crippen LogP contribution in [-0.2, 0) is 9.59 Å². The van der Waals surface area contributed by atoms with Gasteiger partial charge >= 0.3 is 0 Å². The highest BCUT2D eigenvalue weighted by Gasteiger charge is 2.06. The van der Waals surface area contributed by atoms with Crippen molar-refractivity contribution in [3.8, 4) is 0 Å². The zero-order valence-electron chi connectivity index (χ0n) is 8.51. The highest BCUT2D eigenvalue weighted by Crippen LogP contribution is 2.25. The Labute approximate surface area is 106 Å². The van der Waals surface area contributed by atoms with Crippen molar-refractivity contribution in [3.05, 3.63) is 27.7 Å². The zero-order valence-corrected chi connectivity index (χ0v) is 10.9. The molecule has 2 amide bonds. The molecule has 0 spiro atoms. The van der Waals surface area contributed by atoms with E-state index in [0.717, 1.165) is 0 Å². The summed E-state index contributed by atoms with van der Waals surface area (Å²) in [7, 11) is 0. The molecule has 0 bridgehead atoms. The van der Waals surface area contributed by atoms with Gasteiger partial charge in [-0.05, 0) is 34.1 Å². The van der Waals surface area contributed by atoms with Gasteiger partial charge in [0.1, 0.15) is 0 Å². The fourth-order valence-corrected chi connectivity index (χ4v) is 1.77. The molecule has 16 heavy (non-hydrogen) atoms. The van der Waals surface area contributed by atoms with Gasteiger partial charge in [0.25, 0.3) is 0 Å². The molecule has 2 N–H and O–H groups in total. The largest absolute Gasteiger partial charge is 0.347 e. The van der Waals surface area contributed by atoms with Gasteiger partial charge in [-0.1, -0.05) is 11.6 Å². The minimum atomic E-state index is -0.293. The summed E-state index contributed by atoms with van der Waals surface area (Å²) in [5, 5.41) is 5.61. The highest BCUT2D eigenvalue weighted by molar-refractivity contribution is 9.10. The van der Waals surface area contributed by atoms with Crippen molar-refractivity contribution in [2.24, 2.45) is 0 Å². The van der Waals surface area contributed by atoms with Crippen LogP contribution < -0.4 is 10.6 Å². The molecular weight excluding hydrogens is 295 g/mol. The lowest BCUT2D eigenvalue weighted by Gasteiger charge is -2.07. The Morgan fingerprint density at radius 1 is 1.44 bits per heavy atom. The predicted molar refractivity (Wildman–Crippen MR) is 66.5 cm³/mol. The van der Waals surface area contributed by atoms with E-state index < -0.39 is 0 Å². The smallest absolute Gasteiger partial charge is 0.243 e. The summed E-state index contributed by atoms with van der Waals surface area (Å²) < 4.78 is 0.691. The number of hydrogen-bond acceptors (Lipinski definition) is 2. The molecule has 0 aliphatic carbocycles. The van der Waals surface area contributed by atoms with Gasteiger partial charge in [0.2, 0.25) is 11.8 Å². The standard InChI is InChI=1S/C10H10BrClN2O2/c1-6(15)13-5-10(16)14-9-3-2-7(12)4-8(9)11/h2-4H,5H2,1H3,(H,13,15)(H,14,16). The molecule has 4 nitrogen and oxygen atoms in total. The van der Waals surface area contributed by atoms with Gasteiger partial charge < -0.3 is 10.6 Å². The Morgan fingerprint density at radius 2 is 2.12 bits per heavy atom. The molecule has 0 aliphatic heterocycles. The third-order valence-corrected chi connectivity index (χ3v) is 2.59. The minimum absolute atomic E-state index is 0.0512. The lowest BCUT2D eigenvalue weighted by molar-refractivity contribution is -0.122. The molecule has 0 unspecified atom stereocenters. The summed E-state index contributed by atoms with van der Waals surface area (Å²) in [6.07, 6.45) is 0. The maximum absolute atomic E-state index is 11.4. The lowest BCUT2D eigenvalue weighted by Crippen LogP contribution is -2.31. The van der Waals surface area contributed by atoms with Crippen LogP contribution in [0.5, 0.6) is 0 Å². The summed E-state index contributed by atoms with van der Waals surface area (Å²) in [6, 6.07) is 5.02. The molecule has 1 aromatic rings. The number of amides is 2.